The molecule has 0 fully saturated rings. The van der Waals surface area contributed by atoms with Gasteiger partial charge in [-0.1, -0.05) is 0 Å². The lowest BCUT2D eigenvalue weighted by atomic mass is 10.1. The largest absolute Gasteiger partial charge is 0.298 e. The van der Waals surface area contributed by atoms with Gasteiger partial charge in [-0.15, -0.1) is 11.3 Å². The quantitative estimate of drug-likeness (QED) is 0.785. The number of hydrogen-bond donors (Lipinski definition) is 1. The third-order valence-corrected chi connectivity index (χ3v) is 3.81. The molecule has 106 valence electrons. The van der Waals surface area contributed by atoms with Crippen LogP contribution in [0, 0.1) is 19.7 Å². The van der Waals surface area contributed by atoms with Gasteiger partial charge in [0.1, 0.15) is 5.82 Å². The van der Waals surface area contributed by atoms with E-state index < -0.39 is 5.82 Å². The zero-order valence-electron chi connectivity index (χ0n) is 11.5. The molecule has 0 spiro atoms. The highest BCUT2D eigenvalue weighted by molar-refractivity contribution is 7.15. The SMILES string of the molecule is Cc1cc(C(=O)Nc2ncc(C)s2)c2cc(F)ccc2n1. The molecule has 6 heteroatoms. The normalized spacial score (nSPS) is 10.8. The van der Waals surface area contributed by atoms with Gasteiger partial charge in [0.25, 0.3) is 5.91 Å². The minimum Gasteiger partial charge on any atom is -0.298 e. The molecule has 0 aliphatic rings. The molecule has 4 nitrogen and oxygen atoms in total. The lowest BCUT2D eigenvalue weighted by molar-refractivity contribution is 0.102. The highest BCUT2D eigenvalue weighted by Crippen LogP contribution is 2.22. The number of anilines is 1. The summed E-state index contributed by atoms with van der Waals surface area (Å²) < 4.78 is 13.4. The van der Waals surface area contributed by atoms with Gasteiger partial charge in [0, 0.05) is 22.2 Å². The number of carbonyl (C=O) groups excluding carboxylic acids is 1. The van der Waals surface area contributed by atoms with E-state index in [4.69, 9.17) is 0 Å². The van der Waals surface area contributed by atoms with Crippen LogP contribution < -0.4 is 5.32 Å². The highest BCUT2D eigenvalue weighted by Gasteiger charge is 2.14. The van der Waals surface area contributed by atoms with Crippen molar-refractivity contribution in [1.29, 1.82) is 0 Å². The number of amides is 1. The van der Waals surface area contributed by atoms with Gasteiger partial charge < -0.3 is 0 Å². The predicted molar refractivity (Wildman–Crippen MR) is 81.2 cm³/mol. The lowest BCUT2D eigenvalue weighted by Gasteiger charge is -2.07. The molecule has 0 saturated heterocycles. The van der Waals surface area contributed by atoms with E-state index in [0.717, 1.165) is 4.88 Å². The first kappa shape index (κ1) is 13.6. The molecule has 0 bridgehead atoms. The second-order valence-electron chi connectivity index (χ2n) is 4.70. The Bertz CT molecular complexity index is 844. The van der Waals surface area contributed by atoms with Gasteiger partial charge in [-0.3, -0.25) is 15.1 Å². The Morgan fingerprint density at radius 1 is 1.29 bits per heavy atom. The number of thiazole rings is 1. The van der Waals surface area contributed by atoms with Crippen molar-refractivity contribution in [1.82, 2.24) is 9.97 Å². The van der Waals surface area contributed by atoms with Gasteiger partial charge in [0.15, 0.2) is 5.13 Å². The number of aromatic nitrogens is 2. The maximum atomic E-state index is 13.4. The summed E-state index contributed by atoms with van der Waals surface area (Å²) in [5.41, 5.74) is 1.69. The molecule has 0 unspecified atom stereocenters. The van der Waals surface area contributed by atoms with Crippen molar-refractivity contribution in [2.75, 3.05) is 5.32 Å². The molecule has 3 aromatic rings. The van der Waals surface area contributed by atoms with Gasteiger partial charge in [0.05, 0.1) is 11.1 Å². The van der Waals surface area contributed by atoms with E-state index in [0.29, 0.717) is 27.3 Å². The molecular formula is C15H12FN3OS. The number of benzene rings is 1. The Morgan fingerprint density at radius 3 is 2.81 bits per heavy atom. The van der Waals surface area contributed by atoms with Crippen LogP contribution in [0.4, 0.5) is 9.52 Å². The molecule has 2 aromatic heterocycles. The number of aryl methyl sites for hydroxylation is 2. The van der Waals surface area contributed by atoms with Crippen LogP contribution in [0.25, 0.3) is 10.9 Å². The van der Waals surface area contributed by atoms with Crippen LogP contribution in [-0.2, 0) is 0 Å². The summed E-state index contributed by atoms with van der Waals surface area (Å²) in [5, 5.41) is 3.75. The number of pyridine rings is 1. The molecule has 0 saturated carbocycles. The maximum Gasteiger partial charge on any atom is 0.258 e. The van der Waals surface area contributed by atoms with Crippen molar-refractivity contribution in [3.63, 3.8) is 0 Å². The molecule has 0 aliphatic carbocycles. The second kappa shape index (κ2) is 5.21. The third kappa shape index (κ3) is 2.75. The molecule has 21 heavy (non-hydrogen) atoms. The summed E-state index contributed by atoms with van der Waals surface area (Å²) in [6.45, 7) is 3.71. The Labute approximate surface area is 124 Å². The summed E-state index contributed by atoms with van der Waals surface area (Å²) in [4.78, 5) is 21.8. The molecular weight excluding hydrogens is 289 g/mol. The van der Waals surface area contributed by atoms with Crippen molar-refractivity contribution >= 4 is 33.3 Å². The van der Waals surface area contributed by atoms with Gasteiger partial charge in [0.2, 0.25) is 0 Å². The molecule has 1 amide bonds. The first-order valence-electron chi connectivity index (χ1n) is 6.33. The summed E-state index contributed by atoms with van der Waals surface area (Å²) in [6, 6.07) is 5.88. The Balaban J connectivity index is 2.06. The van der Waals surface area contributed by atoms with E-state index in [2.05, 4.69) is 15.3 Å². The van der Waals surface area contributed by atoms with Crippen LogP contribution in [0.15, 0.2) is 30.5 Å². The summed E-state index contributed by atoms with van der Waals surface area (Å²) in [5.74, 6) is -0.710. The molecule has 2 heterocycles. The van der Waals surface area contributed by atoms with Gasteiger partial charge in [-0.25, -0.2) is 9.37 Å². The van der Waals surface area contributed by atoms with Crippen molar-refractivity contribution in [3.05, 3.63) is 52.4 Å². The van der Waals surface area contributed by atoms with Crippen molar-refractivity contribution in [3.8, 4) is 0 Å². The van der Waals surface area contributed by atoms with Crippen LogP contribution in [-0.4, -0.2) is 15.9 Å². The Hall–Kier alpha value is -2.34. The third-order valence-electron chi connectivity index (χ3n) is 2.99. The second-order valence-corrected chi connectivity index (χ2v) is 5.94. The topological polar surface area (TPSA) is 54.9 Å². The number of hydrogen-bond acceptors (Lipinski definition) is 4. The van der Waals surface area contributed by atoms with Crippen LogP contribution in [0.5, 0.6) is 0 Å². The van der Waals surface area contributed by atoms with Crippen LogP contribution in [0.1, 0.15) is 20.9 Å². The number of nitrogens with one attached hydrogen (secondary N) is 1. The number of carbonyl (C=O) groups is 1. The smallest absolute Gasteiger partial charge is 0.258 e. The minimum atomic E-state index is -0.396. The van der Waals surface area contributed by atoms with E-state index in [1.165, 1.54) is 23.5 Å². The van der Waals surface area contributed by atoms with Crippen molar-refractivity contribution in [2.24, 2.45) is 0 Å². The van der Waals surface area contributed by atoms with Gasteiger partial charge >= 0.3 is 0 Å². The summed E-state index contributed by atoms with van der Waals surface area (Å²) in [7, 11) is 0. The number of rotatable bonds is 2. The molecule has 1 N–H and O–H groups in total. The van der Waals surface area contributed by atoms with E-state index in [9.17, 15) is 9.18 Å². The van der Waals surface area contributed by atoms with E-state index in [-0.39, 0.29) is 5.91 Å². The van der Waals surface area contributed by atoms with Gasteiger partial charge in [-0.05, 0) is 38.1 Å². The van der Waals surface area contributed by atoms with Crippen LogP contribution >= 0.6 is 11.3 Å². The predicted octanol–water partition coefficient (Wildman–Crippen LogP) is 3.70. The summed E-state index contributed by atoms with van der Waals surface area (Å²) in [6.07, 6.45) is 1.69. The van der Waals surface area contributed by atoms with E-state index in [1.54, 1.807) is 25.3 Å². The molecule has 0 aliphatic heterocycles. The van der Waals surface area contributed by atoms with E-state index in [1.807, 2.05) is 6.92 Å². The number of nitrogens with zero attached hydrogens (tertiary/aromatic N) is 2. The number of fused-ring (bicyclic) bond motifs is 1. The van der Waals surface area contributed by atoms with Crippen molar-refractivity contribution in [2.45, 2.75) is 13.8 Å². The van der Waals surface area contributed by atoms with Crippen molar-refractivity contribution < 1.29 is 9.18 Å². The minimum absolute atomic E-state index is 0.314. The standard InChI is InChI=1S/C15H12FN3OS/c1-8-5-12(11-6-10(16)3-4-13(11)18-8)14(20)19-15-17-7-9(2)21-15/h3-7H,1-2H3,(H,17,19,20). The highest BCUT2D eigenvalue weighted by atomic mass is 32.1. The van der Waals surface area contributed by atoms with Gasteiger partial charge in [-0.2, -0.15) is 0 Å². The first-order chi connectivity index (χ1) is 10.0. The molecule has 3 rings (SSSR count). The molecule has 1 aromatic carbocycles. The van der Waals surface area contributed by atoms with Crippen LogP contribution in [0.2, 0.25) is 0 Å². The molecule has 0 radical (unpaired) electrons. The van der Waals surface area contributed by atoms with E-state index >= 15 is 0 Å². The average Bonchev–Trinajstić information content (AvgIpc) is 2.83. The Kier molecular flexibility index (Phi) is 3.39. The zero-order chi connectivity index (χ0) is 15.0. The fourth-order valence-corrected chi connectivity index (χ4v) is 2.75. The fourth-order valence-electron chi connectivity index (χ4n) is 2.10. The average molecular weight is 301 g/mol. The monoisotopic (exact) mass is 301 g/mol. The van der Waals surface area contributed by atoms with Crippen LogP contribution in [0.3, 0.4) is 0 Å². The Morgan fingerprint density at radius 2 is 2.10 bits per heavy atom. The molecule has 0 atom stereocenters. The number of halogens is 1. The summed E-state index contributed by atoms with van der Waals surface area (Å²) >= 11 is 1.39. The zero-order valence-corrected chi connectivity index (χ0v) is 12.3. The fraction of sp³-hybridized carbons (Fsp3) is 0.133. The lowest BCUT2D eigenvalue weighted by Crippen LogP contribution is -2.13. The first-order valence-corrected chi connectivity index (χ1v) is 7.15. The maximum absolute atomic E-state index is 13.4.